The number of rotatable bonds is 5. The van der Waals surface area contributed by atoms with E-state index in [9.17, 15) is 9.59 Å². The first-order chi connectivity index (χ1) is 12.5. The minimum absolute atomic E-state index is 0.225. The molecule has 3 rings (SSSR count). The monoisotopic (exact) mass is 432 g/mol. The Hall–Kier alpha value is -2.32. The van der Waals surface area contributed by atoms with Crippen LogP contribution in [0.15, 0.2) is 53.3 Å². The van der Waals surface area contributed by atoms with Gasteiger partial charge >= 0.3 is 0 Å². The predicted octanol–water partition coefficient (Wildman–Crippen LogP) is 3.10. The Morgan fingerprint density at radius 1 is 1.15 bits per heavy atom. The first-order valence-electron chi connectivity index (χ1n) is 7.88. The number of halogens is 1. The number of benzene rings is 1. The lowest BCUT2D eigenvalue weighted by molar-refractivity contribution is -0.119. The van der Waals surface area contributed by atoms with Crippen LogP contribution in [0.4, 0.5) is 0 Å². The molecular weight excluding hydrogens is 416 g/mol. The summed E-state index contributed by atoms with van der Waals surface area (Å²) in [5.41, 5.74) is 8.25. The molecule has 26 heavy (non-hydrogen) atoms. The Bertz CT molecular complexity index is 957. The van der Waals surface area contributed by atoms with Crippen molar-refractivity contribution < 1.29 is 9.59 Å². The van der Waals surface area contributed by atoms with Crippen molar-refractivity contribution in [2.75, 3.05) is 5.75 Å². The molecule has 0 aliphatic heterocycles. The molecule has 2 N–H and O–H groups in total. The maximum Gasteiger partial charge on any atom is 0.270 e. The summed E-state index contributed by atoms with van der Waals surface area (Å²) >= 11 is 4.74. The van der Waals surface area contributed by atoms with Crippen molar-refractivity contribution in [3.8, 4) is 0 Å². The number of hydrazine groups is 1. The second-order valence-corrected chi connectivity index (χ2v) is 7.52. The van der Waals surface area contributed by atoms with Crippen LogP contribution < -0.4 is 10.9 Å². The van der Waals surface area contributed by atoms with Gasteiger partial charge in [-0.2, -0.15) is 0 Å². The Balaban J connectivity index is 1.45. The molecule has 6 nitrogen and oxygen atoms in total. The fraction of sp³-hybridized carbons (Fsp3) is 0.167. The zero-order valence-corrected chi connectivity index (χ0v) is 16.4. The van der Waals surface area contributed by atoms with Gasteiger partial charge in [-0.05, 0) is 46.6 Å². The molecule has 0 unspecified atom stereocenters. The Labute approximate surface area is 163 Å². The fourth-order valence-electron chi connectivity index (χ4n) is 2.35. The van der Waals surface area contributed by atoms with Gasteiger partial charge in [0, 0.05) is 22.6 Å². The van der Waals surface area contributed by atoms with E-state index in [0.717, 1.165) is 16.9 Å². The van der Waals surface area contributed by atoms with Crippen LogP contribution in [0.2, 0.25) is 0 Å². The SMILES string of the molecule is Cc1ccc2nc(CSCC(=O)NNC(=O)c3ccccc3Br)cn2c1. The summed E-state index contributed by atoms with van der Waals surface area (Å²) < 4.78 is 2.65. The standard InChI is InChI=1S/C18H17BrN4O2S/c1-12-6-7-16-20-13(9-23(16)8-12)10-26-11-17(24)21-22-18(25)14-4-2-3-5-15(14)19/h2-9H,10-11H2,1H3,(H,21,24)(H,22,25). The summed E-state index contributed by atoms with van der Waals surface area (Å²) in [6, 6.07) is 11.0. The summed E-state index contributed by atoms with van der Waals surface area (Å²) in [4.78, 5) is 28.4. The number of fused-ring (bicyclic) bond motifs is 1. The van der Waals surface area contributed by atoms with Crippen molar-refractivity contribution in [3.63, 3.8) is 0 Å². The summed E-state index contributed by atoms with van der Waals surface area (Å²) in [5, 5.41) is 0. The lowest BCUT2D eigenvalue weighted by atomic mass is 10.2. The second-order valence-electron chi connectivity index (χ2n) is 5.68. The first-order valence-corrected chi connectivity index (χ1v) is 9.83. The normalized spacial score (nSPS) is 10.7. The quantitative estimate of drug-likeness (QED) is 0.607. The highest BCUT2D eigenvalue weighted by molar-refractivity contribution is 9.10. The zero-order chi connectivity index (χ0) is 18.5. The fourth-order valence-corrected chi connectivity index (χ4v) is 3.52. The molecule has 2 aromatic heterocycles. The molecule has 2 amide bonds. The molecule has 0 spiro atoms. The molecular formula is C18H17BrN4O2S. The molecule has 0 fully saturated rings. The van der Waals surface area contributed by atoms with Crippen molar-refractivity contribution in [1.29, 1.82) is 0 Å². The largest absolute Gasteiger partial charge is 0.307 e. The maximum absolute atomic E-state index is 12.0. The average molecular weight is 433 g/mol. The van der Waals surface area contributed by atoms with Crippen molar-refractivity contribution in [1.82, 2.24) is 20.2 Å². The van der Waals surface area contributed by atoms with Gasteiger partial charge < -0.3 is 4.40 Å². The third-order valence-corrected chi connectivity index (χ3v) is 5.22. The summed E-state index contributed by atoms with van der Waals surface area (Å²) in [6.45, 7) is 2.03. The highest BCUT2D eigenvalue weighted by Crippen LogP contribution is 2.15. The number of pyridine rings is 1. The van der Waals surface area contributed by atoms with Crippen LogP contribution in [0, 0.1) is 6.92 Å². The maximum atomic E-state index is 12.0. The highest BCUT2D eigenvalue weighted by Gasteiger charge is 2.10. The second kappa shape index (κ2) is 8.37. The Morgan fingerprint density at radius 3 is 2.77 bits per heavy atom. The molecule has 2 heterocycles. The van der Waals surface area contributed by atoms with Gasteiger partial charge in [0.05, 0.1) is 17.0 Å². The van der Waals surface area contributed by atoms with E-state index in [0.29, 0.717) is 15.8 Å². The molecule has 134 valence electrons. The number of aryl methyl sites for hydroxylation is 1. The average Bonchev–Trinajstić information content (AvgIpc) is 3.02. The van der Waals surface area contributed by atoms with Gasteiger partial charge in [0.25, 0.3) is 5.91 Å². The van der Waals surface area contributed by atoms with Gasteiger partial charge in [-0.15, -0.1) is 11.8 Å². The molecule has 0 bridgehead atoms. The summed E-state index contributed by atoms with van der Waals surface area (Å²) in [5.74, 6) is 0.205. The number of aromatic nitrogens is 2. The molecule has 3 aromatic rings. The molecule has 0 atom stereocenters. The molecule has 0 aliphatic rings. The number of imidazole rings is 1. The number of nitrogens with zero attached hydrogens (tertiary/aromatic N) is 2. The van der Waals surface area contributed by atoms with Gasteiger partial charge in [0.1, 0.15) is 5.65 Å². The highest BCUT2D eigenvalue weighted by atomic mass is 79.9. The van der Waals surface area contributed by atoms with Gasteiger partial charge in [-0.3, -0.25) is 20.4 Å². The number of hydrogen-bond donors (Lipinski definition) is 2. The lowest BCUT2D eigenvalue weighted by Crippen LogP contribution is -2.42. The summed E-state index contributed by atoms with van der Waals surface area (Å²) in [6.07, 6.45) is 3.97. The van der Waals surface area contributed by atoms with E-state index >= 15 is 0 Å². The van der Waals surface area contributed by atoms with Crippen LogP contribution in [0.3, 0.4) is 0 Å². The molecule has 1 aromatic carbocycles. The summed E-state index contributed by atoms with van der Waals surface area (Å²) in [7, 11) is 0. The van der Waals surface area contributed by atoms with E-state index in [1.807, 2.05) is 41.9 Å². The molecule has 0 saturated carbocycles. The number of nitrogens with one attached hydrogen (secondary N) is 2. The van der Waals surface area contributed by atoms with Crippen LogP contribution in [0.5, 0.6) is 0 Å². The van der Waals surface area contributed by atoms with Crippen LogP contribution in [0.25, 0.3) is 5.65 Å². The number of thioether (sulfide) groups is 1. The molecule has 0 saturated heterocycles. The van der Waals surface area contributed by atoms with E-state index in [1.165, 1.54) is 11.8 Å². The third kappa shape index (κ3) is 4.64. The van der Waals surface area contributed by atoms with Gasteiger partial charge in [0.15, 0.2) is 0 Å². The molecule has 8 heteroatoms. The topological polar surface area (TPSA) is 75.5 Å². The minimum Gasteiger partial charge on any atom is -0.307 e. The van der Waals surface area contributed by atoms with Crippen molar-refractivity contribution in [2.24, 2.45) is 0 Å². The van der Waals surface area contributed by atoms with E-state index in [-0.39, 0.29) is 17.6 Å². The minimum atomic E-state index is -0.369. The van der Waals surface area contributed by atoms with Crippen LogP contribution in [0.1, 0.15) is 21.6 Å². The number of carbonyl (C=O) groups is 2. The van der Waals surface area contributed by atoms with Crippen molar-refractivity contribution >= 4 is 45.2 Å². The third-order valence-electron chi connectivity index (χ3n) is 3.57. The van der Waals surface area contributed by atoms with E-state index in [2.05, 4.69) is 31.8 Å². The smallest absolute Gasteiger partial charge is 0.270 e. The number of hydrogen-bond acceptors (Lipinski definition) is 4. The Morgan fingerprint density at radius 2 is 1.96 bits per heavy atom. The van der Waals surface area contributed by atoms with E-state index in [1.54, 1.807) is 18.2 Å². The zero-order valence-electron chi connectivity index (χ0n) is 14.0. The Kier molecular flexibility index (Phi) is 5.95. The van der Waals surface area contributed by atoms with Crippen molar-refractivity contribution in [2.45, 2.75) is 12.7 Å². The van der Waals surface area contributed by atoms with Crippen LogP contribution >= 0.6 is 27.7 Å². The van der Waals surface area contributed by atoms with Crippen LogP contribution in [-0.4, -0.2) is 27.0 Å². The molecule has 0 aliphatic carbocycles. The van der Waals surface area contributed by atoms with Gasteiger partial charge in [-0.1, -0.05) is 18.2 Å². The van der Waals surface area contributed by atoms with E-state index < -0.39 is 0 Å². The van der Waals surface area contributed by atoms with Gasteiger partial charge in [0.2, 0.25) is 5.91 Å². The molecule has 0 radical (unpaired) electrons. The lowest BCUT2D eigenvalue weighted by Gasteiger charge is -2.08. The number of carbonyl (C=O) groups excluding carboxylic acids is 2. The predicted molar refractivity (Wildman–Crippen MR) is 106 cm³/mol. The van der Waals surface area contributed by atoms with E-state index in [4.69, 9.17) is 0 Å². The first kappa shape index (κ1) is 18.5. The van der Waals surface area contributed by atoms with Gasteiger partial charge in [-0.25, -0.2) is 4.98 Å². The van der Waals surface area contributed by atoms with Crippen molar-refractivity contribution in [3.05, 3.63) is 70.1 Å². The van der Waals surface area contributed by atoms with Crippen LogP contribution in [-0.2, 0) is 10.5 Å². The number of amides is 2.